The van der Waals surface area contributed by atoms with Gasteiger partial charge in [0.2, 0.25) is 0 Å². The molecule has 2 rings (SSSR count). The molecule has 0 heterocycles. The van der Waals surface area contributed by atoms with E-state index < -0.39 is 0 Å². The van der Waals surface area contributed by atoms with Gasteiger partial charge >= 0.3 is 5.97 Å². The Morgan fingerprint density at radius 3 is 2.55 bits per heavy atom. The number of benzene rings is 1. The second-order valence-electron chi connectivity index (χ2n) is 5.04. The molecule has 1 atom stereocenters. The summed E-state index contributed by atoms with van der Waals surface area (Å²) in [7, 11) is 0. The Labute approximate surface area is 120 Å². The van der Waals surface area contributed by atoms with Crippen molar-refractivity contribution < 1.29 is 14.3 Å². The van der Waals surface area contributed by atoms with Gasteiger partial charge in [-0.25, -0.2) is 4.79 Å². The molecular formula is C16H23NO3. The number of rotatable bonds is 8. The summed E-state index contributed by atoms with van der Waals surface area (Å²) < 4.78 is 10.7. The van der Waals surface area contributed by atoms with Crippen molar-refractivity contribution in [3.05, 3.63) is 29.8 Å². The monoisotopic (exact) mass is 277 g/mol. The molecule has 1 aliphatic rings. The molecule has 1 aromatic carbocycles. The number of carbonyl (C=O) groups excluding carboxylic acids is 1. The first kappa shape index (κ1) is 14.9. The Kier molecular flexibility index (Phi) is 5.41. The molecule has 1 unspecified atom stereocenters. The van der Waals surface area contributed by atoms with Crippen molar-refractivity contribution in [3.8, 4) is 5.75 Å². The predicted octanol–water partition coefficient (Wildman–Crippen LogP) is 2.83. The van der Waals surface area contributed by atoms with E-state index in [9.17, 15) is 4.79 Å². The van der Waals surface area contributed by atoms with Gasteiger partial charge in [0.25, 0.3) is 0 Å². The normalized spacial score (nSPS) is 15.7. The summed E-state index contributed by atoms with van der Waals surface area (Å²) >= 11 is 0. The molecule has 1 aromatic rings. The molecule has 1 aliphatic carbocycles. The van der Waals surface area contributed by atoms with Crippen LogP contribution in [0.2, 0.25) is 0 Å². The van der Waals surface area contributed by atoms with Crippen LogP contribution in [0.15, 0.2) is 24.3 Å². The molecule has 0 aliphatic heterocycles. The second-order valence-corrected chi connectivity index (χ2v) is 5.04. The van der Waals surface area contributed by atoms with Crippen LogP contribution in [-0.2, 0) is 9.53 Å². The summed E-state index contributed by atoms with van der Waals surface area (Å²) in [6.07, 6.45) is 3.25. The molecule has 0 saturated heterocycles. The molecule has 1 N–H and O–H groups in total. The smallest absolute Gasteiger partial charge is 0.327 e. The zero-order valence-corrected chi connectivity index (χ0v) is 12.2. The standard InChI is InChI=1S/C16H23NO3/c1-3-11-20-14-9-5-12(6-10-14)15(16(18)19-4-2)17-13-7-8-13/h5-6,9-10,13,15,17H,3-4,7-8,11H2,1-2H3. The fraction of sp³-hybridized carbons (Fsp3) is 0.562. The third-order valence-corrected chi connectivity index (χ3v) is 3.19. The number of hydrogen-bond acceptors (Lipinski definition) is 4. The Morgan fingerprint density at radius 2 is 2.00 bits per heavy atom. The minimum atomic E-state index is -0.373. The highest BCUT2D eigenvalue weighted by molar-refractivity contribution is 5.77. The van der Waals surface area contributed by atoms with Crippen molar-refractivity contribution in [1.82, 2.24) is 5.32 Å². The molecule has 0 amide bonds. The third kappa shape index (κ3) is 4.23. The van der Waals surface area contributed by atoms with Gasteiger partial charge in [-0.05, 0) is 43.9 Å². The predicted molar refractivity (Wildman–Crippen MR) is 77.8 cm³/mol. The lowest BCUT2D eigenvalue weighted by Crippen LogP contribution is -2.31. The Balaban J connectivity index is 2.04. The molecule has 20 heavy (non-hydrogen) atoms. The first-order chi connectivity index (χ1) is 9.74. The highest BCUT2D eigenvalue weighted by atomic mass is 16.5. The summed E-state index contributed by atoms with van der Waals surface area (Å²) in [6, 6.07) is 7.75. The maximum Gasteiger partial charge on any atom is 0.327 e. The van der Waals surface area contributed by atoms with Gasteiger partial charge in [-0.15, -0.1) is 0 Å². The van der Waals surface area contributed by atoms with Gasteiger partial charge in [-0.2, -0.15) is 0 Å². The van der Waals surface area contributed by atoms with E-state index in [0.29, 0.717) is 19.3 Å². The van der Waals surface area contributed by atoms with Gasteiger partial charge in [0.05, 0.1) is 13.2 Å². The number of ether oxygens (including phenoxy) is 2. The Bertz CT molecular complexity index is 426. The zero-order chi connectivity index (χ0) is 14.4. The second kappa shape index (κ2) is 7.29. The Hall–Kier alpha value is -1.55. The summed E-state index contributed by atoms with van der Waals surface area (Å²) in [5.41, 5.74) is 0.930. The van der Waals surface area contributed by atoms with Gasteiger partial charge in [-0.3, -0.25) is 5.32 Å². The minimum absolute atomic E-state index is 0.207. The number of carbonyl (C=O) groups is 1. The van der Waals surface area contributed by atoms with E-state index in [1.54, 1.807) is 0 Å². The molecule has 4 nitrogen and oxygen atoms in total. The van der Waals surface area contributed by atoms with Crippen LogP contribution in [-0.4, -0.2) is 25.2 Å². The van der Waals surface area contributed by atoms with Crippen LogP contribution in [0, 0.1) is 0 Å². The molecule has 4 heteroatoms. The minimum Gasteiger partial charge on any atom is -0.494 e. The van der Waals surface area contributed by atoms with E-state index in [4.69, 9.17) is 9.47 Å². The van der Waals surface area contributed by atoms with Gasteiger partial charge in [-0.1, -0.05) is 19.1 Å². The fourth-order valence-corrected chi connectivity index (χ4v) is 1.99. The molecule has 0 bridgehead atoms. The first-order valence-electron chi connectivity index (χ1n) is 7.40. The van der Waals surface area contributed by atoms with E-state index in [-0.39, 0.29) is 12.0 Å². The van der Waals surface area contributed by atoms with E-state index in [1.165, 1.54) is 0 Å². The lowest BCUT2D eigenvalue weighted by atomic mass is 10.1. The SMILES string of the molecule is CCCOc1ccc(C(NC2CC2)C(=O)OCC)cc1. The molecule has 0 spiro atoms. The topological polar surface area (TPSA) is 47.6 Å². The van der Waals surface area contributed by atoms with E-state index in [1.807, 2.05) is 31.2 Å². The maximum absolute atomic E-state index is 12.0. The average Bonchev–Trinajstić information content (AvgIpc) is 3.27. The van der Waals surface area contributed by atoms with Crippen molar-refractivity contribution in [2.24, 2.45) is 0 Å². The van der Waals surface area contributed by atoms with E-state index in [2.05, 4.69) is 12.2 Å². The lowest BCUT2D eigenvalue weighted by Gasteiger charge is -2.17. The van der Waals surface area contributed by atoms with Crippen molar-refractivity contribution in [1.29, 1.82) is 0 Å². The summed E-state index contributed by atoms with van der Waals surface area (Å²) in [6.45, 7) is 5.01. The molecule has 1 fully saturated rings. The zero-order valence-electron chi connectivity index (χ0n) is 12.2. The van der Waals surface area contributed by atoms with Crippen LogP contribution in [0.5, 0.6) is 5.75 Å². The van der Waals surface area contributed by atoms with Crippen LogP contribution >= 0.6 is 0 Å². The van der Waals surface area contributed by atoms with Crippen LogP contribution in [0.4, 0.5) is 0 Å². The first-order valence-corrected chi connectivity index (χ1v) is 7.40. The summed E-state index contributed by atoms with van der Waals surface area (Å²) in [5.74, 6) is 0.631. The summed E-state index contributed by atoms with van der Waals surface area (Å²) in [4.78, 5) is 12.0. The maximum atomic E-state index is 12.0. The van der Waals surface area contributed by atoms with Gasteiger partial charge < -0.3 is 9.47 Å². The number of esters is 1. The molecule has 1 saturated carbocycles. The third-order valence-electron chi connectivity index (χ3n) is 3.19. The van der Waals surface area contributed by atoms with Crippen LogP contribution < -0.4 is 10.1 Å². The van der Waals surface area contributed by atoms with Crippen LogP contribution in [0.1, 0.15) is 44.7 Å². The Morgan fingerprint density at radius 1 is 1.30 bits per heavy atom. The number of hydrogen-bond donors (Lipinski definition) is 1. The van der Waals surface area contributed by atoms with Crippen LogP contribution in [0.25, 0.3) is 0 Å². The van der Waals surface area contributed by atoms with Crippen molar-refractivity contribution in [2.75, 3.05) is 13.2 Å². The quantitative estimate of drug-likeness (QED) is 0.742. The van der Waals surface area contributed by atoms with Crippen molar-refractivity contribution >= 4 is 5.97 Å². The molecule has 110 valence electrons. The van der Waals surface area contributed by atoms with Gasteiger partial charge in [0, 0.05) is 6.04 Å². The number of nitrogens with one attached hydrogen (secondary N) is 1. The van der Waals surface area contributed by atoms with E-state index in [0.717, 1.165) is 30.6 Å². The van der Waals surface area contributed by atoms with Gasteiger partial charge in [0.15, 0.2) is 0 Å². The lowest BCUT2D eigenvalue weighted by molar-refractivity contribution is -0.145. The highest BCUT2D eigenvalue weighted by Gasteiger charge is 2.30. The molecule has 0 radical (unpaired) electrons. The van der Waals surface area contributed by atoms with Gasteiger partial charge in [0.1, 0.15) is 11.8 Å². The highest BCUT2D eigenvalue weighted by Crippen LogP contribution is 2.26. The molecule has 0 aromatic heterocycles. The van der Waals surface area contributed by atoms with Crippen LogP contribution in [0.3, 0.4) is 0 Å². The average molecular weight is 277 g/mol. The largest absolute Gasteiger partial charge is 0.494 e. The molecular weight excluding hydrogens is 254 g/mol. The summed E-state index contributed by atoms with van der Waals surface area (Å²) in [5, 5.41) is 3.34. The van der Waals surface area contributed by atoms with E-state index >= 15 is 0 Å². The fourth-order valence-electron chi connectivity index (χ4n) is 1.99. The van der Waals surface area contributed by atoms with Crippen molar-refractivity contribution in [2.45, 2.75) is 45.2 Å². The van der Waals surface area contributed by atoms with Crippen molar-refractivity contribution in [3.63, 3.8) is 0 Å².